The summed E-state index contributed by atoms with van der Waals surface area (Å²) >= 11 is 5.96. The molecule has 2 aromatic rings. The molecule has 0 amide bonds. The van der Waals surface area contributed by atoms with Crippen molar-refractivity contribution in [1.82, 2.24) is 4.90 Å². The van der Waals surface area contributed by atoms with Crippen LogP contribution in [0.2, 0.25) is 5.02 Å². The zero-order valence-electron chi connectivity index (χ0n) is 15.5. The van der Waals surface area contributed by atoms with E-state index in [4.69, 9.17) is 16.3 Å². The first-order chi connectivity index (χ1) is 12.8. The number of hydrogen-bond acceptors (Lipinski definition) is 3. The molecular formula is C20H23ClN2O3S. The third-order valence-electron chi connectivity index (χ3n) is 4.49. The van der Waals surface area contributed by atoms with Crippen molar-refractivity contribution in [1.29, 1.82) is 0 Å². The summed E-state index contributed by atoms with van der Waals surface area (Å²) in [6, 6.07) is 12.7. The summed E-state index contributed by atoms with van der Waals surface area (Å²) in [5.74, 6) is 0.528. The van der Waals surface area contributed by atoms with E-state index in [2.05, 4.69) is 4.40 Å². The highest BCUT2D eigenvalue weighted by Gasteiger charge is 2.22. The molecule has 0 N–H and O–H groups in total. The number of hydrogen-bond donors (Lipinski definition) is 0. The Balaban J connectivity index is 1.98. The molecule has 0 unspecified atom stereocenters. The van der Waals surface area contributed by atoms with Crippen molar-refractivity contribution in [3.63, 3.8) is 0 Å². The molecule has 1 saturated heterocycles. The van der Waals surface area contributed by atoms with Gasteiger partial charge < -0.3 is 9.64 Å². The van der Waals surface area contributed by atoms with Crippen molar-refractivity contribution in [2.24, 2.45) is 4.40 Å². The second-order valence-corrected chi connectivity index (χ2v) is 8.66. The van der Waals surface area contributed by atoms with Crippen LogP contribution in [0.15, 0.2) is 51.8 Å². The molecule has 5 nitrogen and oxygen atoms in total. The lowest BCUT2D eigenvalue weighted by atomic mass is 10.1. The highest BCUT2D eigenvalue weighted by atomic mass is 35.5. The standard InChI is InChI=1S/C20H23ClN2O3S/c1-15-3-8-19(16(2)13-15)27(24,25)22-20(23-9-11-26-12-10-23)14-17-4-6-18(21)7-5-17/h3-8,13H,9-12,14H2,1-2H3/b22-20-. The summed E-state index contributed by atoms with van der Waals surface area (Å²) in [6.45, 7) is 6.09. The minimum Gasteiger partial charge on any atom is -0.378 e. The molecule has 1 aliphatic rings. The van der Waals surface area contributed by atoms with Crippen LogP contribution in [0.25, 0.3) is 0 Å². The average Bonchev–Trinajstić information content (AvgIpc) is 2.63. The minimum atomic E-state index is -3.81. The third-order valence-corrected chi connectivity index (χ3v) is 6.20. The van der Waals surface area contributed by atoms with Crippen LogP contribution < -0.4 is 0 Å². The Morgan fingerprint density at radius 1 is 1.11 bits per heavy atom. The van der Waals surface area contributed by atoms with Gasteiger partial charge in [0.2, 0.25) is 0 Å². The molecule has 0 spiro atoms. The van der Waals surface area contributed by atoms with Crippen LogP contribution in [0, 0.1) is 13.8 Å². The van der Waals surface area contributed by atoms with E-state index in [0.29, 0.717) is 49.1 Å². The fraction of sp³-hybridized carbons (Fsp3) is 0.350. The van der Waals surface area contributed by atoms with Gasteiger partial charge in [-0.3, -0.25) is 0 Å². The van der Waals surface area contributed by atoms with Gasteiger partial charge in [0.05, 0.1) is 18.1 Å². The van der Waals surface area contributed by atoms with E-state index in [-0.39, 0.29) is 4.90 Å². The van der Waals surface area contributed by atoms with Gasteiger partial charge in [-0.05, 0) is 43.2 Å². The number of nitrogens with zero attached hydrogens (tertiary/aromatic N) is 2. The number of aryl methyl sites for hydroxylation is 2. The van der Waals surface area contributed by atoms with Crippen molar-refractivity contribution < 1.29 is 13.2 Å². The third kappa shape index (κ3) is 5.09. The molecule has 7 heteroatoms. The van der Waals surface area contributed by atoms with E-state index >= 15 is 0 Å². The first-order valence-corrected chi connectivity index (χ1v) is 10.7. The summed E-state index contributed by atoms with van der Waals surface area (Å²) in [4.78, 5) is 2.23. The molecule has 1 aliphatic heterocycles. The van der Waals surface area contributed by atoms with Crippen molar-refractivity contribution in [2.45, 2.75) is 25.2 Å². The molecule has 0 bridgehead atoms. The smallest absolute Gasteiger partial charge is 0.284 e. The Labute approximate surface area is 165 Å². The topological polar surface area (TPSA) is 59.0 Å². The van der Waals surface area contributed by atoms with Gasteiger partial charge in [-0.2, -0.15) is 8.42 Å². The number of sulfonamides is 1. The molecule has 1 fully saturated rings. The lowest BCUT2D eigenvalue weighted by Crippen LogP contribution is -2.42. The summed E-state index contributed by atoms with van der Waals surface area (Å²) in [5.41, 5.74) is 2.68. The Hall–Kier alpha value is -1.89. The first-order valence-electron chi connectivity index (χ1n) is 8.83. The zero-order chi connectivity index (χ0) is 19.4. The van der Waals surface area contributed by atoms with Crippen LogP contribution in [0.3, 0.4) is 0 Å². The van der Waals surface area contributed by atoms with E-state index in [1.54, 1.807) is 31.2 Å². The van der Waals surface area contributed by atoms with Gasteiger partial charge >= 0.3 is 0 Å². The van der Waals surface area contributed by atoms with E-state index < -0.39 is 10.0 Å². The van der Waals surface area contributed by atoms with Gasteiger partial charge in [0.25, 0.3) is 10.0 Å². The van der Waals surface area contributed by atoms with E-state index in [1.165, 1.54) is 0 Å². The summed E-state index contributed by atoms with van der Waals surface area (Å²) in [6.07, 6.45) is 0.418. The van der Waals surface area contributed by atoms with Crippen LogP contribution in [-0.4, -0.2) is 45.5 Å². The van der Waals surface area contributed by atoms with Gasteiger partial charge in [0, 0.05) is 24.5 Å². The van der Waals surface area contributed by atoms with E-state index in [1.807, 2.05) is 30.0 Å². The van der Waals surface area contributed by atoms with Crippen LogP contribution in [-0.2, 0) is 21.2 Å². The SMILES string of the molecule is Cc1ccc(S(=O)(=O)/N=C(/Cc2ccc(Cl)cc2)N2CCOCC2)c(C)c1. The van der Waals surface area contributed by atoms with Crippen molar-refractivity contribution in [3.05, 3.63) is 64.2 Å². The van der Waals surface area contributed by atoms with Gasteiger partial charge in [0.1, 0.15) is 5.84 Å². The van der Waals surface area contributed by atoms with Crippen molar-refractivity contribution >= 4 is 27.5 Å². The Kier molecular flexibility index (Phi) is 6.19. The fourth-order valence-electron chi connectivity index (χ4n) is 3.08. The number of ether oxygens (including phenoxy) is 1. The normalized spacial score (nSPS) is 15.8. The molecule has 0 radical (unpaired) electrons. The number of amidine groups is 1. The highest BCUT2D eigenvalue weighted by molar-refractivity contribution is 7.90. The molecule has 0 aromatic heterocycles. The van der Waals surface area contributed by atoms with Crippen LogP contribution in [0.4, 0.5) is 0 Å². The van der Waals surface area contributed by atoms with Crippen molar-refractivity contribution in [3.8, 4) is 0 Å². The number of halogens is 1. The van der Waals surface area contributed by atoms with Gasteiger partial charge in [-0.25, -0.2) is 0 Å². The predicted molar refractivity (Wildman–Crippen MR) is 108 cm³/mol. The Bertz CT molecular complexity index is 934. The van der Waals surface area contributed by atoms with Crippen LogP contribution in [0.1, 0.15) is 16.7 Å². The quantitative estimate of drug-likeness (QED) is 0.574. The highest BCUT2D eigenvalue weighted by Crippen LogP contribution is 2.20. The minimum absolute atomic E-state index is 0.245. The summed E-state index contributed by atoms with van der Waals surface area (Å²) in [7, 11) is -3.81. The summed E-state index contributed by atoms with van der Waals surface area (Å²) < 4.78 is 35.6. The van der Waals surface area contributed by atoms with Crippen LogP contribution >= 0.6 is 11.6 Å². The van der Waals surface area contributed by atoms with E-state index in [9.17, 15) is 8.42 Å². The number of rotatable bonds is 4. The van der Waals surface area contributed by atoms with Crippen LogP contribution in [0.5, 0.6) is 0 Å². The molecule has 2 aromatic carbocycles. The summed E-state index contributed by atoms with van der Waals surface area (Å²) in [5, 5.41) is 0.645. The second-order valence-electron chi connectivity index (χ2n) is 6.65. The monoisotopic (exact) mass is 406 g/mol. The molecule has 27 heavy (non-hydrogen) atoms. The molecule has 0 aliphatic carbocycles. The molecule has 1 heterocycles. The zero-order valence-corrected chi connectivity index (χ0v) is 17.1. The van der Waals surface area contributed by atoms with Gasteiger partial charge in [-0.15, -0.1) is 4.40 Å². The lowest BCUT2D eigenvalue weighted by molar-refractivity contribution is 0.0675. The maximum Gasteiger partial charge on any atom is 0.284 e. The molecule has 0 atom stereocenters. The second kappa shape index (κ2) is 8.42. The maximum absolute atomic E-state index is 13.0. The van der Waals surface area contributed by atoms with Gasteiger partial charge in [0.15, 0.2) is 0 Å². The maximum atomic E-state index is 13.0. The Morgan fingerprint density at radius 3 is 2.41 bits per heavy atom. The largest absolute Gasteiger partial charge is 0.378 e. The van der Waals surface area contributed by atoms with Gasteiger partial charge in [-0.1, -0.05) is 41.4 Å². The fourth-order valence-corrected chi connectivity index (χ4v) is 4.47. The molecule has 0 saturated carbocycles. The predicted octanol–water partition coefficient (Wildman–Crippen LogP) is 3.62. The Morgan fingerprint density at radius 2 is 1.78 bits per heavy atom. The molecule has 144 valence electrons. The first kappa shape index (κ1) is 19.9. The van der Waals surface area contributed by atoms with E-state index in [0.717, 1.165) is 11.1 Å². The lowest BCUT2D eigenvalue weighted by Gasteiger charge is -2.30. The van der Waals surface area contributed by atoms with Crippen molar-refractivity contribution in [2.75, 3.05) is 26.3 Å². The molecular weight excluding hydrogens is 384 g/mol. The number of morpholine rings is 1. The number of benzene rings is 2. The molecule has 3 rings (SSSR count). The average molecular weight is 407 g/mol.